The summed E-state index contributed by atoms with van der Waals surface area (Å²) in [5.74, 6) is -1.05. The van der Waals surface area contributed by atoms with Crippen molar-refractivity contribution in [3.63, 3.8) is 0 Å². The number of aromatic nitrogens is 2. The molecule has 2 rings (SSSR count). The molecule has 112 valence electrons. The van der Waals surface area contributed by atoms with Crippen LogP contribution in [0.5, 0.6) is 0 Å². The number of anilines is 1. The molecule has 0 atom stereocenters. The van der Waals surface area contributed by atoms with Crippen LogP contribution in [0.2, 0.25) is 0 Å². The third-order valence-electron chi connectivity index (χ3n) is 2.84. The van der Waals surface area contributed by atoms with E-state index in [4.69, 9.17) is 10.5 Å². The number of nitrogens with one attached hydrogen (secondary N) is 2. The molecule has 2 aromatic heterocycles. The second-order valence-corrected chi connectivity index (χ2v) is 4.45. The number of rotatable bonds is 5. The van der Waals surface area contributed by atoms with E-state index in [9.17, 15) is 9.90 Å². The van der Waals surface area contributed by atoms with E-state index in [1.54, 1.807) is 31.5 Å². The van der Waals surface area contributed by atoms with Gasteiger partial charge < -0.3 is 20.9 Å². The van der Waals surface area contributed by atoms with Gasteiger partial charge in [0, 0.05) is 24.3 Å². The second kappa shape index (κ2) is 6.49. The van der Waals surface area contributed by atoms with Gasteiger partial charge in [0.15, 0.2) is 5.88 Å². The Hall–Kier alpha value is -3.22. The smallest absolute Gasteiger partial charge is 0.337 e. The number of carboxylic acid groups (broad SMARTS) is 1. The quantitative estimate of drug-likeness (QED) is 0.497. The predicted octanol–water partition coefficient (Wildman–Crippen LogP) is 2.55. The van der Waals surface area contributed by atoms with Gasteiger partial charge in [-0.1, -0.05) is 0 Å². The Bertz CT molecular complexity index is 724. The molecule has 0 radical (unpaired) electrons. The summed E-state index contributed by atoms with van der Waals surface area (Å²) < 4.78 is 0. The van der Waals surface area contributed by atoms with E-state index in [0.717, 1.165) is 0 Å². The lowest BCUT2D eigenvalue weighted by Crippen LogP contribution is -2.09. The zero-order valence-electron chi connectivity index (χ0n) is 11.7. The molecule has 7 heteroatoms. The number of hydrogen-bond acceptors (Lipinski definition) is 6. The fourth-order valence-electron chi connectivity index (χ4n) is 1.83. The normalized spacial score (nSPS) is 11.5. The molecule has 0 saturated carbocycles. The van der Waals surface area contributed by atoms with Crippen molar-refractivity contribution in [1.82, 2.24) is 9.97 Å². The standard InChI is InChI=1S/C15H14N4O3/c1-9(16)13(10-4-6-17-7-5-10)14(20)19-12-3-2-11(8-18-12)15(21)22/h2-8,16,20H,1H3,(H,18,19)(H,21,22)/b14-13-,16-9?. The zero-order valence-corrected chi connectivity index (χ0v) is 11.7. The minimum absolute atomic E-state index is 0.0478. The minimum atomic E-state index is -1.08. The zero-order chi connectivity index (χ0) is 16.1. The van der Waals surface area contributed by atoms with Crippen LogP contribution in [0.15, 0.2) is 48.7 Å². The molecular weight excluding hydrogens is 284 g/mol. The van der Waals surface area contributed by atoms with Crippen molar-refractivity contribution in [3.05, 3.63) is 59.9 Å². The summed E-state index contributed by atoms with van der Waals surface area (Å²) >= 11 is 0. The SMILES string of the molecule is CC(=N)/C(=C(/O)Nc1ccc(C(=O)O)cn1)c1ccncc1. The molecule has 0 aliphatic heterocycles. The van der Waals surface area contributed by atoms with Crippen LogP contribution in [-0.2, 0) is 0 Å². The van der Waals surface area contributed by atoms with E-state index >= 15 is 0 Å². The van der Waals surface area contributed by atoms with Gasteiger partial charge in [-0.3, -0.25) is 4.98 Å². The summed E-state index contributed by atoms with van der Waals surface area (Å²) in [7, 11) is 0. The summed E-state index contributed by atoms with van der Waals surface area (Å²) in [5.41, 5.74) is 1.16. The van der Waals surface area contributed by atoms with Crippen LogP contribution < -0.4 is 5.32 Å². The van der Waals surface area contributed by atoms with Gasteiger partial charge in [0.2, 0.25) is 0 Å². The molecule has 22 heavy (non-hydrogen) atoms. The van der Waals surface area contributed by atoms with Gasteiger partial charge in [-0.05, 0) is 36.8 Å². The van der Waals surface area contributed by atoms with Crippen LogP contribution in [0.1, 0.15) is 22.8 Å². The van der Waals surface area contributed by atoms with Crippen molar-refractivity contribution in [1.29, 1.82) is 5.41 Å². The van der Waals surface area contributed by atoms with Crippen molar-refractivity contribution < 1.29 is 15.0 Å². The minimum Gasteiger partial charge on any atom is -0.494 e. The first-order valence-corrected chi connectivity index (χ1v) is 6.34. The topological polar surface area (TPSA) is 119 Å². The van der Waals surface area contributed by atoms with Crippen LogP contribution in [0.4, 0.5) is 5.82 Å². The fraction of sp³-hybridized carbons (Fsp3) is 0.0667. The maximum Gasteiger partial charge on any atom is 0.337 e. The Balaban J connectivity index is 2.32. The number of pyridine rings is 2. The van der Waals surface area contributed by atoms with Crippen molar-refractivity contribution >= 4 is 23.1 Å². The Morgan fingerprint density at radius 1 is 1.14 bits per heavy atom. The van der Waals surface area contributed by atoms with E-state index in [2.05, 4.69) is 15.3 Å². The lowest BCUT2D eigenvalue weighted by Gasteiger charge is -2.11. The summed E-state index contributed by atoms with van der Waals surface area (Å²) in [5, 5.41) is 29.5. The second-order valence-electron chi connectivity index (χ2n) is 4.45. The van der Waals surface area contributed by atoms with Gasteiger partial charge >= 0.3 is 5.97 Å². The van der Waals surface area contributed by atoms with Crippen molar-refractivity contribution in [2.24, 2.45) is 0 Å². The molecule has 0 bridgehead atoms. The molecule has 0 spiro atoms. The van der Waals surface area contributed by atoms with E-state index in [1.807, 2.05) is 0 Å². The first-order valence-electron chi connectivity index (χ1n) is 6.34. The van der Waals surface area contributed by atoms with Gasteiger partial charge in [0.1, 0.15) is 5.82 Å². The summed E-state index contributed by atoms with van der Waals surface area (Å²) in [6.45, 7) is 1.55. The number of aliphatic hydroxyl groups excluding tert-OH is 1. The number of carbonyl (C=O) groups is 1. The van der Waals surface area contributed by atoms with E-state index in [0.29, 0.717) is 11.1 Å². The molecular formula is C15H14N4O3. The van der Waals surface area contributed by atoms with Crippen LogP contribution in [0.25, 0.3) is 5.57 Å². The van der Waals surface area contributed by atoms with Crippen LogP contribution in [0, 0.1) is 5.41 Å². The largest absolute Gasteiger partial charge is 0.494 e. The van der Waals surface area contributed by atoms with E-state index in [1.165, 1.54) is 18.3 Å². The number of hydrogen-bond donors (Lipinski definition) is 4. The molecule has 2 aromatic rings. The highest BCUT2D eigenvalue weighted by molar-refractivity contribution is 6.21. The molecule has 0 amide bonds. The van der Waals surface area contributed by atoms with E-state index in [-0.39, 0.29) is 23.0 Å². The third-order valence-corrected chi connectivity index (χ3v) is 2.84. The predicted molar refractivity (Wildman–Crippen MR) is 82.0 cm³/mol. The molecule has 2 heterocycles. The van der Waals surface area contributed by atoms with Gasteiger partial charge in [0.25, 0.3) is 0 Å². The van der Waals surface area contributed by atoms with Crippen LogP contribution in [0.3, 0.4) is 0 Å². The molecule has 0 unspecified atom stereocenters. The highest BCUT2D eigenvalue weighted by atomic mass is 16.4. The molecule has 4 N–H and O–H groups in total. The van der Waals surface area contributed by atoms with Gasteiger partial charge in [-0.15, -0.1) is 0 Å². The van der Waals surface area contributed by atoms with Crippen LogP contribution in [-0.4, -0.2) is 31.9 Å². The number of nitrogens with zero attached hydrogens (tertiary/aromatic N) is 2. The van der Waals surface area contributed by atoms with Crippen molar-refractivity contribution in [2.75, 3.05) is 5.32 Å². The van der Waals surface area contributed by atoms with Gasteiger partial charge in [0.05, 0.1) is 11.1 Å². The molecule has 7 nitrogen and oxygen atoms in total. The van der Waals surface area contributed by atoms with Gasteiger partial charge in [-0.25, -0.2) is 9.78 Å². The Morgan fingerprint density at radius 3 is 2.32 bits per heavy atom. The molecule has 0 saturated heterocycles. The fourth-order valence-corrected chi connectivity index (χ4v) is 1.83. The summed E-state index contributed by atoms with van der Waals surface area (Å²) in [6.07, 6.45) is 4.30. The summed E-state index contributed by atoms with van der Waals surface area (Å²) in [4.78, 5) is 18.6. The monoisotopic (exact) mass is 298 g/mol. The lowest BCUT2D eigenvalue weighted by atomic mass is 10.0. The average molecular weight is 298 g/mol. The number of aliphatic hydroxyl groups is 1. The highest BCUT2D eigenvalue weighted by Gasteiger charge is 2.12. The first-order chi connectivity index (χ1) is 10.5. The average Bonchev–Trinajstić information content (AvgIpc) is 2.48. The highest BCUT2D eigenvalue weighted by Crippen LogP contribution is 2.19. The van der Waals surface area contributed by atoms with Crippen molar-refractivity contribution in [2.45, 2.75) is 6.92 Å². The van der Waals surface area contributed by atoms with Gasteiger partial charge in [-0.2, -0.15) is 0 Å². The lowest BCUT2D eigenvalue weighted by molar-refractivity contribution is 0.0696. The molecule has 0 fully saturated rings. The summed E-state index contributed by atoms with van der Waals surface area (Å²) in [6, 6.07) is 6.15. The molecule has 0 aliphatic carbocycles. The van der Waals surface area contributed by atoms with Crippen LogP contribution >= 0.6 is 0 Å². The van der Waals surface area contributed by atoms with Crippen molar-refractivity contribution in [3.8, 4) is 0 Å². The Kier molecular flexibility index (Phi) is 4.47. The third kappa shape index (κ3) is 3.45. The number of carboxylic acids is 1. The molecule has 0 aliphatic rings. The van der Waals surface area contributed by atoms with E-state index < -0.39 is 5.97 Å². The maximum atomic E-state index is 10.8. The number of allylic oxidation sites excluding steroid dienone is 1. The Morgan fingerprint density at radius 2 is 1.82 bits per heavy atom. The first kappa shape index (κ1) is 15.2. The molecule has 0 aromatic carbocycles. The number of aromatic carboxylic acids is 1. The Labute approximate surface area is 126 Å². The maximum absolute atomic E-state index is 10.8.